The molecular formula is C41H57ClN2O14. The topological polar surface area (TPSA) is 225 Å². The van der Waals surface area contributed by atoms with Crippen LogP contribution in [0.4, 0.5) is 0 Å². The normalized spacial score (nSPS) is 19.7. The molecule has 58 heavy (non-hydrogen) atoms. The number of Topliss-reactive ketones (excluding diaryl/α,β-unsaturated/α-hetero) is 1. The molecule has 0 spiro atoms. The zero-order valence-electron chi connectivity index (χ0n) is 33.9. The first-order valence-corrected chi connectivity index (χ1v) is 19.5. The highest BCUT2D eigenvalue weighted by Gasteiger charge is 2.45. The van der Waals surface area contributed by atoms with Crippen molar-refractivity contribution in [3.05, 3.63) is 58.1 Å². The minimum Gasteiger partial charge on any atom is -0.496 e. The molecule has 3 rings (SSSR count). The number of unbranched alkanes of at least 4 members (excludes halogenated alkanes) is 2. The molecule has 1 aliphatic rings. The van der Waals surface area contributed by atoms with Gasteiger partial charge in [-0.3, -0.25) is 24.0 Å². The smallest absolute Gasteiger partial charge is 0.309 e. The average molecular weight is 837 g/mol. The van der Waals surface area contributed by atoms with Crippen molar-refractivity contribution in [1.29, 1.82) is 0 Å². The highest BCUT2D eigenvalue weighted by Crippen LogP contribution is 2.34. The van der Waals surface area contributed by atoms with Crippen LogP contribution in [0.25, 0.3) is 0 Å². The van der Waals surface area contributed by atoms with Crippen LogP contribution in [-0.2, 0) is 51.3 Å². The summed E-state index contributed by atoms with van der Waals surface area (Å²) < 4.78 is 32.2. The van der Waals surface area contributed by atoms with Crippen LogP contribution in [0, 0.1) is 5.92 Å². The SMILES string of the molecule is COC(=O)[C@H](CCCCCC(=O)CCC(=O)NCc1cccc(COc2cc(OC)c(C(=O)N[C@H]3[C@@H](OC)O[C@H](CO)[C@@H](O)[C@@H]3O)cc2Cl)c1)CC(=O)OC(C)(C)C. The fraction of sp³-hybridized carbons (Fsp3) is 0.585. The second-order valence-electron chi connectivity index (χ2n) is 15.0. The number of carbonyl (C=O) groups is 5. The van der Waals surface area contributed by atoms with Crippen LogP contribution >= 0.6 is 11.6 Å². The molecule has 1 fully saturated rings. The molecule has 2 aromatic carbocycles. The predicted octanol–water partition coefficient (Wildman–Crippen LogP) is 3.55. The van der Waals surface area contributed by atoms with Gasteiger partial charge in [0.1, 0.15) is 53.8 Å². The van der Waals surface area contributed by atoms with Crippen LogP contribution in [0.1, 0.15) is 93.6 Å². The van der Waals surface area contributed by atoms with Crippen LogP contribution in [0.2, 0.25) is 5.02 Å². The molecule has 0 bridgehead atoms. The Morgan fingerprint density at radius 2 is 1.64 bits per heavy atom. The van der Waals surface area contributed by atoms with E-state index in [9.17, 15) is 39.3 Å². The summed E-state index contributed by atoms with van der Waals surface area (Å²) >= 11 is 6.50. The molecule has 5 N–H and O–H groups in total. The number of aliphatic hydroxyl groups excluding tert-OH is 3. The standard InChI is InChI=1S/C41H57ClN2O14/c1-41(2,3)58-34(48)18-26(39(52)54-5)13-8-7-9-14-27(46)15-16-33(47)43-21-24-11-10-12-25(17-24)23-56-31-20-30(53-4)28(19-29(31)42)38(51)44-35-37(50)36(49)32(22-45)57-40(35)55-6/h10-12,17,19-20,26,32,35-37,40,45,49-50H,7-9,13-16,18,21-23H2,1-6H3,(H,43,47)(H,44,51)/t26-,32-,35-,36-,37-,40+/m1/s1. The fourth-order valence-corrected chi connectivity index (χ4v) is 6.48. The van der Waals surface area contributed by atoms with Crippen LogP contribution in [0.3, 0.4) is 0 Å². The molecular weight excluding hydrogens is 780 g/mol. The van der Waals surface area contributed by atoms with Gasteiger partial charge in [0.2, 0.25) is 5.91 Å². The largest absolute Gasteiger partial charge is 0.496 e. The summed E-state index contributed by atoms with van der Waals surface area (Å²) in [6.07, 6.45) is -2.51. The van der Waals surface area contributed by atoms with Gasteiger partial charge in [-0.25, -0.2) is 0 Å². The molecule has 0 unspecified atom stereocenters. The Balaban J connectivity index is 1.43. The number of carbonyl (C=O) groups excluding carboxylic acids is 5. The summed E-state index contributed by atoms with van der Waals surface area (Å²) in [5.41, 5.74) is 0.921. The third kappa shape index (κ3) is 15.1. The fourth-order valence-electron chi connectivity index (χ4n) is 6.26. The number of amides is 2. The van der Waals surface area contributed by atoms with Crippen LogP contribution in [-0.4, -0.2) is 109 Å². The molecule has 17 heteroatoms. The first kappa shape index (κ1) is 48.1. The van der Waals surface area contributed by atoms with Gasteiger partial charge in [0.05, 0.1) is 43.8 Å². The van der Waals surface area contributed by atoms with Gasteiger partial charge in [-0.2, -0.15) is 0 Å². The maximum Gasteiger partial charge on any atom is 0.309 e. The summed E-state index contributed by atoms with van der Waals surface area (Å²) in [5.74, 6) is -2.22. The monoisotopic (exact) mass is 836 g/mol. The molecule has 6 atom stereocenters. The lowest BCUT2D eigenvalue weighted by Crippen LogP contribution is -2.64. The summed E-state index contributed by atoms with van der Waals surface area (Å²) in [5, 5.41) is 35.8. The Bertz CT molecular complexity index is 1700. The van der Waals surface area contributed by atoms with E-state index < -0.39 is 66.6 Å². The zero-order chi connectivity index (χ0) is 43.0. The third-order valence-electron chi connectivity index (χ3n) is 9.29. The summed E-state index contributed by atoms with van der Waals surface area (Å²) in [6.45, 7) is 5.02. The maximum atomic E-state index is 13.3. The third-order valence-corrected chi connectivity index (χ3v) is 9.59. The second-order valence-corrected chi connectivity index (χ2v) is 15.4. The highest BCUT2D eigenvalue weighted by molar-refractivity contribution is 6.32. The Morgan fingerprint density at radius 1 is 0.914 bits per heavy atom. The molecule has 16 nitrogen and oxygen atoms in total. The van der Waals surface area contributed by atoms with E-state index in [1.807, 2.05) is 18.2 Å². The Kier molecular flexibility index (Phi) is 19.3. The predicted molar refractivity (Wildman–Crippen MR) is 210 cm³/mol. The minimum absolute atomic E-state index is 0.0130. The number of benzene rings is 2. The summed E-state index contributed by atoms with van der Waals surface area (Å²) in [6, 6.07) is 8.91. The summed E-state index contributed by atoms with van der Waals surface area (Å²) in [7, 11) is 3.93. The quantitative estimate of drug-likeness (QED) is 0.0845. The summed E-state index contributed by atoms with van der Waals surface area (Å²) in [4.78, 5) is 62.6. The highest BCUT2D eigenvalue weighted by atomic mass is 35.5. The van der Waals surface area contributed by atoms with E-state index in [-0.39, 0.29) is 66.2 Å². The average Bonchev–Trinajstić information content (AvgIpc) is 3.19. The van der Waals surface area contributed by atoms with Gasteiger partial charge in [0, 0.05) is 39.0 Å². The van der Waals surface area contributed by atoms with Crippen LogP contribution in [0.15, 0.2) is 36.4 Å². The van der Waals surface area contributed by atoms with Gasteiger partial charge in [-0.05, 0) is 50.8 Å². The number of ether oxygens (including phenoxy) is 6. The van der Waals surface area contributed by atoms with Crippen molar-refractivity contribution in [2.24, 2.45) is 5.92 Å². The van der Waals surface area contributed by atoms with Gasteiger partial charge in [0.25, 0.3) is 5.91 Å². The number of nitrogens with one attached hydrogen (secondary N) is 2. The molecule has 2 aromatic rings. The van der Waals surface area contributed by atoms with E-state index in [1.165, 1.54) is 33.5 Å². The number of rotatable bonds is 22. The van der Waals surface area contributed by atoms with Gasteiger partial charge in [-0.15, -0.1) is 0 Å². The van der Waals surface area contributed by atoms with E-state index >= 15 is 0 Å². The van der Waals surface area contributed by atoms with Crippen molar-refractivity contribution < 1.29 is 67.7 Å². The van der Waals surface area contributed by atoms with Gasteiger partial charge < -0.3 is 54.4 Å². The van der Waals surface area contributed by atoms with E-state index in [1.54, 1.807) is 26.8 Å². The van der Waals surface area contributed by atoms with E-state index in [4.69, 9.17) is 40.0 Å². The van der Waals surface area contributed by atoms with Crippen LogP contribution < -0.4 is 20.1 Å². The first-order valence-electron chi connectivity index (χ1n) is 19.1. The molecule has 0 radical (unpaired) electrons. The van der Waals surface area contributed by atoms with Gasteiger partial charge in [-0.1, -0.05) is 48.7 Å². The lowest BCUT2D eigenvalue weighted by atomic mass is 9.96. The number of methoxy groups -OCH3 is 3. The van der Waals surface area contributed by atoms with E-state index in [0.29, 0.717) is 32.1 Å². The molecule has 1 aliphatic heterocycles. The Hall–Kier alpha value is -4.32. The number of ketones is 1. The van der Waals surface area contributed by atoms with Crippen molar-refractivity contribution >= 4 is 41.1 Å². The van der Waals surface area contributed by atoms with Crippen molar-refractivity contribution in [3.63, 3.8) is 0 Å². The first-order chi connectivity index (χ1) is 27.5. The van der Waals surface area contributed by atoms with Gasteiger partial charge in [0.15, 0.2) is 6.29 Å². The van der Waals surface area contributed by atoms with Gasteiger partial charge >= 0.3 is 11.9 Å². The second kappa shape index (κ2) is 23.3. The zero-order valence-corrected chi connectivity index (χ0v) is 34.7. The molecule has 322 valence electrons. The van der Waals surface area contributed by atoms with E-state index in [0.717, 1.165) is 11.1 Å². The lowest BCUT2D eigenvalue weighted by molar-refractivity contribution is -0.261. The molecule has 1 saturated heterocycles. The van der Waals surface area contributed by atoms with Crippen molar-refractivity contribution in [2.45, 2.75) is 122 Å². The van der Waals surface area contributed by atoms with Crippen molar-refractivity contribution in [3.8, 4) is 11.5 Å². The Morgan fingerprint density at radius 3 is 2.29 bits per heavy atom. The number of esters is 2. The number of halogens is 1. The number of aliphatic hydroxyl groups is 3. The number of hydrogen-bond acceptors (Lipinski definition) is 14. The minimum atomic E-state index is -1.51. The molecule has 1 heterocycles. The lowest BCUT2D eigenvalue weighted by Gasteiger charge is -2.41. The Labute approximate surface area is 343 Å². The van der Waals surface area contributed by atoms with Crippen molar-refractivity contribution in [2.75, 3.05) is 27.9 Å². The molecule has 2 amide bonds. The molecule has 0 saturated carbocycles. The van der Waals surface area contributed by atoms with Crippen molar-refractivity contribution in [1.82, 2.24) is 10.6 Å². The van der Waals surface area contributed by atoms with Crippen LogP contribution in [0.5, 0.6) is 11.5 Å². The molecule has 0 aromatic heterocycles. The molecule has 0 aliphatic carbocycles. The maximum absolute atomic E-state index is 13.3. The number of hydrogen-bond donors (Lipinski definition) is 5. The van der Waals surface area contributed by atoms with E-state index in [2.05, 4.69) is 10.6 Å².